The first-order valence-electron chi connectivity index (χ1n) is 4.24. The molecule has 0 N–H and O–H groups in total. The molecular weight excluding hydrogens is 179 g/mol. The number of rotatable bonds is 1. The van der Waals surface area contributed by atoms with E-state index in [0.29, 0.717) is 11.1 Å². The molecule has 0 amide bonds. The summed E-state index contributed by atoms with van der Waals surface area (Å²) in [6, 6.07) is 6.49. The zero-order chi connectivity index (χ0) is 10.7. The highest BCUT2D eigenvalue weighted by Crippen LogP contribution is 2.24. The molecule has 0 aliphatic carbocycles. The van der Waals surface area contributed by atoms with Crippen molar-refractivity contribution >= 4 is 0 Å². The highest BCUT2D eigenvalue weighted by atomic mass is 19.1. The van der Waals surface area contributed by atoms with Crippen LogP contribution in [0, 0.1) is 28.5 Å². The van der Waals surface area contributed by atoms with E-state index in [9.17, 15) is 4.39 Å². The van der Waals surface area contributed by atoms with Crippen molar-refractivity contribution < 1.29 is 4.39 Å². The Morgan fingerprint density at radius 2 is 1.64 bits per heavy atom. The van der Waals surface area contributed by atoms with Gasteiger partial charge in [0.15, 0.2) is 0 Å². The number of halogens is 1. The van der Waals surface area contributed by atoms with Gasteiger partial charge in [-0.1, -0.05) is 13.8 Å². The molecule has 3 heteroatoms. The van der Waals surface area contributed by atoms with Crippen LogP contribution in [-0.4, -0.2) is 0 Å². The largest absolute Gasteiger partial charge is 0.205 e. The minimum atomic E-state index is -0.568. The van der Waals surface area contributed by atoms with Gasteiger partial charge in [0.05, 0.1) is 17.2 Å². The highest BCUT2D eigenvalue weighted by Gasteiger charge is 2.15. The Morgan fingerprint density at radius 1 is 1.14 bits per heavy atom. The Labute approximate surface area is 82.2 Å². The number of benzene rings is 1. The zero-order valence-corrected chi connectivity index (χ0v) is 8.00. The topological polar surface area (TPSA) is 47.6 Å². The molecule has 1 rings (SSSR count). The first kappa shape index (κ1) is 10.2. The molecule has 0 unspecified atom stereocenters. The van der Waals surface area contributed by atoms with Gasteiger partial charge >= 0.3 is 0 Å². The summed E-state index contributed by atoms with van der Waals surface area (Å²) in [4.78, 5) is 0. The Balaban J connectivity index is 3.51. The Bertz CT molecular complexity index is 436. The van der Waals surface area contributed by atoms with Gasteiger partial charge in [-0.15, -0.1) is 0 Å². The van der Waals surface area contributed by atoms with Crippen LogP contribution in [0.4, 0.5) is 4.39 Å². The third kappa shape index (κ3) is 1.58. The number of nitrogens with zero attached hydrogens (tertiary/aromatic N) is 2. The van der Waals surface area contributed by atoms with E-state index in [4.69, 9.17) is 10.5 Å². The van der Waals surface area contributed by atoms with Crippen LogP contribution in [0.15, 0.2) is 12.1 Å². The molecule has 1 aromatic rings. The Kier molecular flexibility index (Phi) is 2.84. The standard InChI is InChI=1S/C11H9FN2/c1-7(2)10-8(5-13)3-4-9(6-14)11(10)12/h3-4,7H,1-2H3. The minimum Gasteiger partial charge on any atom is -0.205 e. The number of nitriles is 2. The molecule has 0 radical (unpaired) electrons. The van der Waals surface area contributed by atoms with Gasteiger partial charge in [0.1, 0.15) is 11.9 Å². The van der Waals surface area contributed by atoms with Gasteiger partial charge in [0, 0.05) is 5.56 Å². The molecule has 70 valence electrons. The van der Waals surface area contributed by atoms with Crippen molar-refractivity contribution in [1.82, 2.24) is 0 Å². The fourth-order valence-corrected chi connectivity index (χ4v) is 1.34. The maximum atomic E-state index is 13.6. The molecule has 0 bridgehead atoms. The van der Waals surface area contributed by atoms with Crippen LogP contribution in [0.5, 0.6) is 0 Å². The lowest BCUT2D eigenvalue weighted by atomic mass is 9.95. The van der Waals surface area contributed by atoms with Crippen LogP contribution in [0.3, 0.4) is 0 Å². The quantitative estimate of drug-likeness (QED) is 0.680. The maximum absolute atomic E-state index is 13.6. The molecule has 0 atom stereocenters. The van der Waals surface area contributed by atoms with Gasteiger partial charge in [-0.2, -0.15) is 10.5 Å². The molecule has 0 aromatic heterocycles. The smallest absolute Gasteiger partial charge is 0.145 e. The van der Waals surface area contributed by atoms with Crippen LogP contribution in [0.2, 0.25) is 0 Å². The van der Waals surface area contributed by atoms with Gasteiger partial charge in [0.2, 0.25) is 0 Å². The van der Waals surface area contributed by atoms with Gasteiger partial charge in [-0.05, 0) is 18.1 Å². The molecule has 0 aliphatic heterocycles. The minimum absolute atomic E-state index is 0.00676. The number of hydrogen-bond donors (Lipinski definition) is 0. The molecule has 0 saturated heterocycles. The summed E-state index contributed by atoms with van der Waals surface area (Å²) in [6.45, 7) is 3.58. The first-order valence-corrected chi connectivity index (χ1v) is 4.24. The molecule has 0 spiro atoms. The molecule has 0 saturated carbocycles. The van der Waals surface area contributed by atoms with E-state index in [1.54, 1.807) is 19.9 Å². The molecule has 1 aromatic carbocycles. The Hall–Kier alpha value is -1.87. The molecule has 14 heavy (non-hydrogen) atoms. The van der Waals surface area contributed by atoms with E-state index in [0.717, 1.165) is 0 Å². The van der Waals surface area contributed by atoms with Crippen molar-refractivity contribution in [3.63, 3.8) is 0 Å². The van der Waals surface area contributed by atoms with Crippen molar-refractivity contribution in [1.29, 1.82) is 10.5 Å². The van der Waals surface area contributed by atoms with E-state index in [2.05, 4.69) is 0 Å². The van der Waals surface area contributed by atoms with Crippen LogP contribution in [0.25, 0.3) is 0 Å². The van der Waals surface area contributed by atoms with E-state index in [-0.39, 0.29) is 11.5 Å². The third-order valence-corrected chi connectivity index (χ3v) is 2.00. The number of hydrogen-bond acceptors (Lipinski definition) is 2. The predicted molar refractivity (Wildman–Crippen MR) is 49.9 cm³/mol. The van der Waals surface area contributed by atoms with Gasteiger partial charge in [-0.3, -0.25) is 0 Å². The highest BCUT2D eigenvalue weighted by molar-refractivity contribution is 5.46. The first-order chi connectivity index (χ1) is 6.61. The van der Waals surface area contributed by atoms with Crippen LogP contribution < -0.4 is 0 Å². The molecular formula is C11H9FN2. The predicted octanol–water partition coefficient (Wildman–Crippen LogP) is 2.69. The average Bonchev–Trinajstić information content (AvgIpc) is 2.16. The van der Waals surface area contributed by atoms with Crippen molar-refractivity contribution in [3.05, 3.63) is 34.6 Å². The van der Waals surface area contributed by atoms with Crippen LogP contribution >= 0.6 is 0 Å². The van der Waals surface area contributed by atoms with Crippen LogP contribution in [0.1, 0.15) is 36.5 Å². The van der Waals surface area contributed by atoms with E-state index >= 15 is 0 Å². The van der Waals surface area contributed by atoms with E-state index in [1.807, 2.05) is 6.07 Å². The summed E-state index contributed by atoms with van der Waals surface area (Å²) in [6.07, 6.45) is 0. The SMILES string of the molecule is CC(C)c1c(C#N)ccc(C#N)c1F. The monoisotopic (exact) mass is 188 g/mol. The molecule has 2 nitrogen and oxygen atoms in total. The lowest BCUT2D eigenvalue weighted by Crippen LogP contribution is -2.00. The van der Waals surface area contributed by atoms with Gasteiger partial charge in [-0.25, -0.2) is 4.39 Å². The van der Waals surface area contributed by atoms with Gasteiger partial charge in [0.25, 0.3) is 0 Å². The van der Waals surface area contributed by atoms with Crippen molar-refractivity contribution in [2.75, 3.05) is 0 Å². The molecule has 0 aliphatic rings. The zero-order valence-electron chi connectivity index (χ0n) is 8.00. The third-order valence-electron chi connectivity index (χ3n) is 2.00. The summed E-state index contributed by atoms with van der Waals surface area (Å²) in [5.74, 6) is -0.667. The normalized spacial score (nSPS) is 9.57. The Morgan fingerprint density at radius 3 is 2.07 bits per heavy atom. The summed E-state index contributed by atoms with van der Waals surface area (Å²) in [5.41, 5.74) is 0.621. The second-order valence-electron chi connectivity index (χ2n) is 3.27. The lowest BCUT2D eigenvalue weighted by molar-refractivity contribution is 0.593. The summed E-state index contributed by atoms with van der Waals surface area (Å²) >= 11 is 0. The second kappa shape index (κ2) is 3.89. The maximum Gasteiger partial charge on any atom is 0.145 e. The second-order valence-corrected chi connectivity index (χ2v) is 3.27. The van der Waals surface area contributed by atoms with Gasteiger partial charge < -0.3 is 0 Å². The van der Waals surface area contributed by atoms with Crippen molar-refractivity contribution in [2.45, 2.75) is 19.8 Å². The fraction of sp³-hybridized carbons (Fsp3) is 0.273. The van der Waals surface area contributed by atoms with E-state index in [1.165, 1.54) is 12.1 Å². The van der Waals surface area contributed by atoms with Crippen LogP contribution in [-0.2, 0) is 0 Å². The summed E-state index contributed by atoms with van der Waals surface area (Å²) in [7, 11) is 0. The van der Waals surface area contributed by atoms with Crippen molar-refractivity contribution in [3.8, 4) is 12.1 Å². The average molecular weight is 188 g/mol. The lowest BCUT2D eigenvalue weighted by Gasteiger charge is -2.09. The summed E-state index contributed by atoms with van der Waals surface area (Å²) < 4.78 is 13.6. The van der Waals surface area contributed by atoms with Crippen molar-refractivity contribution in [2.24, 2.45) is 0 Å². The summed E-state index contributed by atoms with van der Waals surface area (Å²) in [5, 5.41) is 17.4. The molecule has 0 heterocycles. The fourth-order valence-electron chi connectivity index (χ4n) is 1.34. The van der Waals surface area contributed by atoms with E-state index < -0.39 is 5.82 Å². The molecule has 0 fully saturated rings.